The maximum Gasteiger partial charge on any atom is 0.330 e. The fourth-order valence-electron chi connectivity index (χ4n) is 2.31. The normalized spacial score (nSPS) is 12.8. The van der Waals surface area contributed by atoms with Gasteiger partial charge in [-0.3, -0.25) is 0 Å². The number of allylic oxidation sites excluding steroid dienone is 1. The molecule has 1 unspecified atom stereocenters. The highest BCUT2D eigenvalue weighted by atomic mass is 16.5. The first-order valence-corrected chi connectivity index (χ1v) is 7.13. The van der Waals surface area contributed by atoms with Gasteiger partial charge in [0.1, 0.15) is 5.75 Å². The van der Waals surface area contributed by atoms with Crippen molar-refractivity contribution in [3.63, 3.8) is 0 Å². The van der Waals surface area contributed by atoms with Gasteiger partial charge in [-0.25, -0.2) is 4.79 Å². The molecule has 0 aromatic heterocycles. The van der Waals surface area contributed by atoms with Crippen LogP contribution in [0.25, 0.3) is 0 Å². The molecule has 0 saturated heterocycles. The summed E-state index contributed by atoms with van der Waals surface area (Å²) in [4.78, 5) is 11.2. The highest BCUT2D eigenvalue weighted by Gasteiger charge is 2.14. The van der Waals surface area contributed by atoms with Gasteiger partial charge in [0.2, 0.25) is 0 Å². The zero-order valence-corrected chi connectivity index (χ0v) is 13.0. The average Bonchev–Trinajstić information content (AvgIpc) is 2.53. The Kier molecular flexibility index (Phi) is 4.99. The molecule has 22 heavy (non-hydrogen) atoms. The molecule has 2 aromatic rings. The minimum Gasteiger partial charge on any atom is -0.497 e. The highest BCUT2D eigenvalue weighted by molar-refractivity contribution is 5.86. The van der Waals surface area contributed by atoms with Gasteiger partial charge in [0.15, 0.2) is 0 Å². The summed E-state index contributed by atoms with van der Waals surface area (Å²) in [6.07, 6.45) is 1.78. The lowest BCUT2D eigenvalue weighted by Gasteiger charge is -2.16. The van der Waals surface area contributed by atoms with Crippen LogP contribution >= 0.6 is 0 Å². The fraction of sp³-hybridized carbons (Fsp3) is 0.211. The van der Waals surface area contributed by atoms with Crippen molar-refractivity contribution in [3.05, 3.63) is 76.9 Å². The number of aliphatic carboxylic acids is 1. The number of aryl methyl sites for hydroxylation is 1. The lowest BCUT2D eigenvalue weighted by molar-refractivity contribution is -0.132. The Hall–Kier alpha value is -2.55. The minimum absolute atomic E-state index is 0.119. The van der Waals surface area contributed by atoms with Crippen LogP contribution in [0.4, 0.5) is 0 Å². The van der Waals surface area contributed by atoms with Crippen LogP contribution in [0.2, 0.25) is 0 Å². The van der Waals surface area contributed by atoms with Crippen molar-refractivity contribution in [3.8, 4) is 5.75 Å². The van der Waals surface area contributed by atoms with Gasteiger partial charge in [0.05, 0.1) is 7.11 Å². The molecule has 0 aliphatic heterocycles. The molecule has 1 atom stereocenters. The van der Waals surface area contributed by atoms with Crippen molar-refractivity contribution in [2.45, 2.75) is 19.8 Å². The van der Waals surface area contributed by atoms with Crippen molar-refractivity contribution in [1.82, 2.24) is 0 Å². The van der Waals surface area contributed by atoms with E-state index in [0.717, 1.165) is 16.9 Å². The topological polar surface area (TPSA) is 46.5 Å². The first-order chi connectivity index (χ1) is 10.5. The third kappa shape index (κ3) is 3.76. The van der Waals surface area contributed by atoms with Gasteiger partial charge in [0, 0.05) is 11.5 Å². The van der Waals surface area contributed by atoms with E-state index in [1.54, 1.807) is 20.1 Å². The molecule has 3 nitrogen and oxygen atoms in total. The first kappa shape index (κ1) is 15.8. The van der Waals surface area contributed by atoms with Crippen molar-refractivity contribution in [2.24, 2.45) is 0 Å². The second kappa shape index (κ2) is 6.94. The number of methoxy groups -OCH3 is 1. The summed E-state index contributed by atoms with van der Waals surface area (Å²) in [7, 11) is 1.62. The SMILES string of the molecule is COc1cccc(C(C=C(C)C(=O)O)c2ccc(C)cc2)c1. The van der Waals surface area contributed by atoms with E-state index in [1.807, 2.05) is 55.5 Å². The van der Waals surface area contributed by atoms with Crippen LogP contribution in [0.3, 0.4) is 0 Å². The van der Waals surface area contributed by atoms with E-state index in [1.165, 1.54) is 5.56 Å². The first-order valence-electron chi connectivity index (χ1n) is 7.13. The fourth-order valence-corrected chi connectivity index (χ4v) is 2.31. The van der Waals surface area contributed by atoms with E-state index in [2.05, 4.69) is 0 Å². The zero-order valence-electron chi connectivity index (χ0n) is 13.0. The van der Waals surface area contributed by atoms with Gasteiger partial charge in [0.25, 0.3) is 0 Å². The molecular formula is C19H20O3. The van der Waals surface area contributed by atoms with Crippen LogP contribution in [0.1, 0.15) is 29.5 Å². The highest BCUT2D eigenvalue weighted by Crippen LogP contribution is 2.29. The third-order valence-electron chi connectivity index (χ3n) is 3.64. The van der Waals surface area contributed by atoms with E-state index in [9.17, 15) is 9.90 Å². The lowest BCUT2D eigenvalue weighted by atomic mass is 9.89. The molecule has 0 heterocycles. The summed E-state index contributed by atoms with van der Waals surface area (Å²) in [6, 6.07) is 15.9. The van der Waals surface area contributed by atoms with Gasteiger partial charge >= 0.3 is 5.97 Å². The molecule has 0 aliphatic rings. The van der Waals surface area contributed by atoms with Crippen molar-refractivity contribution < 1.29 is 14.6 Å². The molecular weight excluding hydrogens is 276 g/mol. The Morgan fingerprint density at radius 1 is 1.14 bits per heavy atom. The Labute approximate surface area is 130 Å². The third-order valence-corrected chi connectivity index (χ3v) is 3.64. The molecule has 0 bridgehead atoms. The smallest absolute Gasteiger partial charge is 0.330 e. The number of hydrogen-bond donors (Lipinski definition) is 1. The molecule has 3 heteroatoms. The van der Waals surface area contributed by atoms with Crippen LogP contribution in [-0.4, -0.2) is 18.2 Å². The predicted octanol–water partition coefficient (Wildman–Crippen LogP) is 4.17. The summed E-state index contributed by atoms with van der Waals surface area (Å²) in [5.41, 5.74) is 3.56. The van der Waals surface area contributed by atoms with Crippen molar-refractivity contribution in [2.75, 3.05) is 7.11 Å². The molecule has 2 rings (SSSR count). The largest absolute Gasteiger partial charge is 0.497 e. The van der Waals surface area contributed by atoms with Gasteiger partial charge in [-0.2, -0.15) is 0 Å². The van der Waals surface area contributed by atoms with Crippen molar-refractivity contribution in [1.29, 1.82) is 0 Å². The Bertz CT molecular complexity index is 684. The van der Waals surface area contributed by atoms with E-state index in [-0.39, 0.29) is 5.92 Å². The second-order valence-electron chi connectivity index (χ2n) is 5.32. The van der Waals surface area contributed by atoms with Gasteiger partial charge in [-0.05, 0) is 37.1 Å². The molecule has 0 aliphatic carbocycles. The quantitative estimate of drug-likeness (QED) is 0.842. The van der Waals surface area contributed by atoms with Crippen LogP contribution in [0.15, 0.2) is 60.2 Å². The van der Waals surface area contributed by atoms with Gasteiger partial charge in [-0.15, -0.1) is 0 Å². The predicted molar refractivity (Wildman–Crippen MR) is 87.4 cm³/mol. The monoisotopic (exact) mass is 296 g/mol. The van der Waals surface area contributed by atoms with Gasteiger partial charge in [-0.1, -0.05) is 48.0 Å². The van der Waals surface area contributed by atoms with Gasteiger partial charge < -0.3 is 9.84 Å². The summed E-state index contributed by atoms with van der Waals surface area (Å²) < 4.78 is 5.28. The summed E-state index contributed by atoms with van der Waals surface area (Å²) >= 11 is 0. The number of carbonyl (C=O) groups is 1. The maximum absolute atomic E-state index is 11.2. The standard InChI is InChI=1S/C19H20O3/c1-13-7-9-15(10-8-13)18(11-14(2)19(20)21)16-5-4-6-17(12-16)22-3/h4-12,18H,1-3H3,(H,20,21). The Morgan fingerprint density at radius 2 is 1.82 bits per heavy atom. The van der Waals surface area contributed by atoms with Crippen molar-refractivity contribution >= 4 is 5.97 Å². The number of hydrogen-bond acceptors (Lipinski definition) is 2. The minimum atomic E-state index is -0.903. The van der Waals surface area contributed by atoms with E-state index < -0.39 is 5.97 Å². The molecule has 1 N–H and O–H groups in total. The Balaban J connectivity index is 2.51. The van der Waals surface area contributed by atoms with E-state index in [4.69, 9.17) is 4.74 Å². The maximum atomic E-state index is 11.2. The zero-order chi connectivity index (χ0) is 16.1. The second-order valence-corrected chi connectivity index (χ2v) is 5.32. The molecule has 114 valence electrons. The number of ether oxygens (including phenoxy) is 1. The Morgan fingerprint density at radius 3 is 2.41 bits per heavy atom. The summed E-state index contributed by atoms with van der Waals surface area (Å²) in [5.74, 6) is -0.261. The number of carboxylic acids is 1. The lowest BCUT2D eigenvalue weighted by Crippen LogP contribution is -2.03. The van der Waals surface area contributed by atoms with Crippen LogP contribution < -0.4 is 4.74 Å². The van der Waals surface area contributed by atoms with Crippen LogP contribution in [0, 0.1) is 6.92 Å². The molecule has 0 saturated carbocycles. The number of carboxylic acid groups (broad SMARTS) is 1. The average molecular weight is 296 g/mol. The molecule has 0 amide bonds. The van der Waals surface area contributed by atoms with E-state index in [0.29, 0.717) is 5.57 Å². The summed E-state index contributed by atoms with van der Waals surface area (Å²) in [5, 5.41) is 9.18. The van der Waals surface area contributed by atoms with E-state index >= 15 is 0 Å². The molecule has 0 spiro atoms. The molecule has 0 fully saturated rings. The molecule has 2 aromatic carbocycles. The number of benzene rings is 2. The number of rotatable bonds is 5. The van der Waals surface area contributed by atoms with Crippen LogP contribution in [0.5, 0.6) is 5.75 Å². The summed E-state index contributed by atoms with van der Waals surface area (Å²) in [6.45, 7) is 3.65. The van der Waals surface area contributed by atoms with Crippen LogP contribution in [-0.2, 0) is 4.79 Å². The molecule has 0 radical (unpaired) electrons.